The van der Waals surface area contributed by atoms with Crippen LogP contribution in [0.15, 0.2) is 46.1 Å². The van der Waals surface area contributed by atoms with Crippen molar-refractivity contribution in [1.29, 1.82) is 0 Å². The van der Waals surface area contributed by atoms with Crippen molar-refractivity contribution in [3.05, 3.63) is 58.0 Å². The number of aromatic nitrogens is 2. The molecular weight excluding hydrogens is 457 g/mol. The highest BCUT2D eigenvalue weighted by molar-refractivity contribution is 8.01. The first kappa shape index (κ1) is 21.7. The number of anilines is 1. The van der Waals surface area contributed by atoms with Gasteiger partial charge in [0.1, 0.15) is 5.82 Å². The fourth-order valence-electron chi connectivity index (χ4n) is 3.05. The van der Waals surface area contributed by atoms with Gasteiger partial charge in [-0.3, -0.25) is 9.59 Å². The van der Waals surface area contributed by atoms with Gasteiger partial charge in [-0.25, -0.2) is 4.39 Å². The first-order valence-corrected chi connectivity index (χ1v) is 12.3. The summed E-state index contributed by atoms with van der Waals surface area (Å²) < 4.78 is 13.7. The van der Waals surface area contributed by atoms with Gasteiger partial charge in [0.15, 0.2) is 4.34 Å². The number of benzene rings is 1. The van der Waals surface area contributed by atoms with Crippen LogP contribution in [0.5, 0.6) is 0 Å². The molecule has 0 radical (unpaired) electrons. The third kappa shape index (κ3) is 5.81. The van der Waals surface area contributed by atoms with E-state index in [-0.39, 0.29) is 23.4 Å². The topological polar surface area (TPSA) is 78.4 Å². The molecule has 0 saturated carbocycles. The van der Waals surface area contributed by atoms with Gasteiger partial charge in [0.05, 0.1) is 10.6 Å². The summed E-state index contributed by atoms with van der Waals surface area (Å²) in [5, 5.41) is 13.9. The lowest BCUT2D eigenvalue weighted by atomic mass is 10.2. The van der Waals surface area contributed by atoms with Crippen LogP contribution < -0.4 is 5.32 Å². The first-order valence-electron chi connectivity index (χ1n) is 9.63. The normalized spacial score (nSPS) is 14.0. The van der Waals surface area contributed by atoms with E-state index in [1.165, 1.54) is 46.6 Å². The molecule has 162 valence electrons. The van der Waals surface area contributed by atoms with E-state index in [1.807, 2.05) is 17.5 Å². The average Bonchev–Trinajstić information content (AvgIpc) is 3.49. The van der Waals surface area contributed by atoms with Gasteiger partial charge < -0.3 is 15.1 Å². The Labute approximate surface area is 191 Å². The number of carbonyl (C=O) groups excluding carboxylic acids is 2. The van der Waals surface area contributed by atoms with Gasteiger partial charge in [-0.05, 0) is 29.1 Å². The van der Waals surface area contributed by atoms with Crippen molar-refractivity contribution in [3.63, 3.8) is 0 Å². The molecule has 4 rings (SSSR count). The molecule has 0 unspecified atom stereocenters. The average molecular weight is 478 g/mol. The number of thiophene rings is 1. The maximum atomic E-state index is 13.0. The molecule has 31 heavy (non-hydrogen) atoms. The van der Waals surface area contributed by atoms with Crippen molar-refractivity contribution in [1.82, 2.24) is 20.0 Å². The van der Waals surface area contributed by atoms with E-state index in [9.17, 15) is 14.0 Å². The number of carbonyl (C=O) groups is 2. The molecule has 1 aromatic carbocycles. The SMILES string of the molecule is O=C(CSc1nnc(NCc2ccc(F)cc2)s1)N1CCN(C(=O)c2cccs2)CC1. The molecule has 0 aliphatic carbocycles. The third-order valence-electron chi connectivity index (χ3n) is 4.73. The van der Waals surface area contributed by atoms with Crippen LogP contribution in [0.25, 0.3) is 0 Å². The Kier molecular flexibility index (Phi) is 7.15. The summed E-state index contributed by atoms with van der Waals surface area (Å²) in [6.07, 6.45) is 0. The zero-order valence-electron chi connectivity index (χ0n) is 16.5. The van der Waals surface area contributed by atoms with Crippen molar-refractivity contribution >= 4 is 51.4 Å². The number of nitrogens with one attached hydrogen (secondary N) is 1. The lowest BCUT2D eigenvalue weighted by Crippen LogP contribution is -2.50. The number of halogens is 1. The lowest BCUT2D eigenvalue weighted by Gasteiger charge is -2.34. The first-order chi connectivity index (χ1) is 15.1. The van der Waals surface area contributed by atoms with Crippen molar-refractivity contribution in [2.75, 3.05) is 37.2 Å². The third-order valence-corrected chi connectivity index (χ3v) is 7.59. The second-order valence-corrected chi connectivity index (χ2v) is 9.94. The van der Waals surface area contributed by atoms with Crippen molar-refractivity contribution < 1.29 is 14.0 Å². The number of nitrogens with zero attached hydrogens (tertiary/aromatic N) is 4. The monoisotopic (exact) mass is 477 g/mol. The Morgan fingerprint density at radius 2 is 1.81 bits per heavy atom. The van der Waals surface area contributed by atoms with E-state index in [1.54, 1.807) is 21.9 Å². The van der Waals surface area contributed by atoms with Crippen molar-refractivity contribution in [3.8, 4) is 0 Å². The van der Waals surface area contributed by atoms with Gasteiger partial charge in [0.2, 0.25) is 11.0 Å². The van der Waals surface area contributed by atoms with E-state index >= 15 is 0 Å². The number of amides is 2. The highest BCUT2D eigenvalue weighted by Gasteiger charge is 2.25. The van der Waals surface area contributed by atoms with E-state index in [4.69, 9.17) is 0 Å². The van der Waals surface area contributed by atoms with Crippen molar-refractivity contribution in [2.45, 2.75) is 10.9 Å². The summed E-state index contributed by atoms with van der Waals surface area (Å²) in [6.45, 7) is 2.69. The van der Waals surface area contributed by atoms with Crippen LogP contribution in [-0.2, 0) is 11.3 Å². The Morgan fingerprint density at radius 3 is 2.52 bits per heavy atom. The summed E-state index contributed by atoms with van der Waals surface area (Å²) in [7, 11) is 0. The molecule has 7 nitrogen and oxygen atoms in total. The number of rotatable bonds is 7. The highest BCUT2D eigenvalue weighted by Crippen LogP contribution is 2.26. The number of hydrogen-bond acceptors (Lipinski definition) is 8. The predicted molar refractivity (Wildman–Crippen MR) is 121 cm³/mol. The fourth-order valence-corrected chi connectivity index (χ4v) is 5.39. The fraction of sp³-hybridized carbons (Fsp3) is 0.300. The molecule has 1 saturated heterocycles. The second kappa shape index (κ2) is 10.2. The van der Waals surface area contributed by atoms with Crippen LogP contribution in [0.3, 0.4) is 0 Å². The molecule has 11 heteroatoms. The molecule has 1 aliphatic heterocycles. The highest BCUT2D eigenvalue weighted by atomic mass is 32.2. The molecule has 0 spiro atoms. The van der Waals surface area contributed by atoms with Gasteiger partial charge in [-0.15, -0.1) is 21.5 Å². The zero-order valence-corrected chi connectivity index (χ0v) is 18.9. The Bertz CT molecular complexity index is 1020. The quantitative estimate of drug-likeness (QED) is 0.526. The predicted octanol–water partition coefficient (Wildman–Crippen LogP) is 3.43. The van der Waals surface area contributed by atoms with Gasteiger partial charge >= 0.3 is 0 Å². The van der Waals surface area contributed by atoms with E-state index in [2.05, 4.69) is 15.5 Å². The van der Waals surface area contributed by atoms with Crippen LogP contribution >= 0.6 is 34.4 Å². The van der Waals surface area contributed by atoms with Gasteiger partial charge in [0.25, 0.3) is 5.91 Å². The van der Waals surface area contributed by atoms with Crippen LogP contribution in [0.2, 0.25) is 0 Å². The lowest BCUT2D eigenvalue weighted by molar-refractivity contribution is -0.129. The summed E-state index contributed by atoms with van der Waals surface area (Å²) in [6, 6.07) is 9.96. The van der Waals surface area contributed by atoms with Crippen LogP contribution in [0.4, 0.5) is 9.52 Å². The van der Waals surface area contributed by atoms with E-state index in [0.29, 0.717) is 42.2 Å². The summed E-state index contributed by atoms with van der Waals surface area (Å²) in [5.41, 5.74) is 0.942. The molecular formula is C20H20FN5O2S3. The number of hydrogen-bond donors (Lipinski definition) is 1. The maximum absolute atomic E-state index is 13.0. The summed E-state index contributed by atoms with van der Waals surface area (Å²) >= 11 is 4.17. The Morgan fingerprint density at radius 1 is 1.06 bits per heavy atom. The maximum Gasteiger partial charge on any atom is 0.264 e. The molecule has 0 bridgehead atoms. The standard InChI is InChI=1S/C20H20FN5O2S3/c21-15-5-3-14(4-6-15)12-22-19-23-24-20(31-19)30-13-17(27)25-7-9-26(10-8-25)18(28)16-2-1-11-29-16/h1-6,11H,7-10,12-13H2,(H,22,23). The molecule has 1 fully saturated rings. The molecule has 0 atom stereocenters. The van der Waals surface area contributed by atoms with Gasteiger partial charge in [-0.2, -0.15) is 0 Å². The van der Waals surface area contributed by atoms with Crippen LogP contribution in [0.1, 0.15) is 15.2 Å². The Balaban J connectivity index is 1.20. The largest absolute Gasteiger partial charge is 0.356 e. The van der Waals surface area contributed by atoms with Crippen LogP contribution in [0, 0.1) is 5.82 Å². The van der Waals surface area contributed by atoms with Gasteiger partial charge in [-0.1, -0.05) is 41.3 Å². The van der Waals surface area contributed by atoms with E-state index in [0.717, 1.165) is 10.4 Å². The summed E-state index contributed by atoms with van der Waals surface area (Å²) in [5.74, 6) is 0.0830. The smallest absolute Gasteiger partial charge is 0.264 e. The molecule has 1 N–H and O–H groups in total. The van der Waals surface area contributed by atoms with Crippen molar-refractivity contribution in [2.24, 2.45) is 0 Å². The summed E-state index contributed by atoms with van der Waals surface area (Å²) in [4.78, 5) is 29.3. The number of piperazine rings is 1. The number of thioether (sulfide) groups is 1. The minimum absolute atomic E-state index is 0.0317. The molecule has 2 aromatic heterocycles. The second-order valence-electron chi connectivity index (χ2n) is 6.79. The zero-order chi connectivity index (χ0) is 21.6. The Hall–Kier alpha value is -2.50. The van der Waals surface area contributed by atoms with Crippen LogP contribution in [-0.4, -0.2) is 63.7 Å². The van der Waals surface area contributed by atoms with E-state index < -0.39 is 0 Å². The minimum Gasteiger partial charge on any atom is -0.356 e. The molecule has 1 aliphatic rings. The molecule has 3 heterocycles. The van der Waals surface area contributed by atoms with Gasteiger partial charge in [0, 0.05) is 32.7 Å². The minimum atomic E-state index is -0.265. The molecule has 3 aromatic rings. The molecule has 2 amide bonds.